The van der Waals surface area contributed by atoms with Crippen LogP contribution in [0, 0.1) is 0 Å². The van der Waals surface area contributed by atoms with Crippen molar-refractivity contribution >= 4 is 17.3 Å². The third-order valence-electron chi connectivity index (χ3n) is 3.63. The fourth-order valence-corrected chi connectivity index (χ4v) is 2.67. The van der Waals surface area contributed by atoms with Crippen LogP contribution in [-0.4, -0.2) is 24.5 Å². The van der Waals surface area contributed by atoms with E-state index in [0.29, 0.717) is 5.75 Å². The predicted octanol–water partition coefficient (Wildman–Crippen LogP) is 2.67. The van der Waals surface area contributed by atoms with E-state index in [-0.39, 0.29) is 45.2 Å². The van der Waals surface area contributed by atoms with Gasteiger partial charge in [-0.2, -0.15) is 0 Å². The summed E-state index contributed by atoms with van der Waals surface area (Å²) in [7, 11) is 1.45. The van der Waals surface area contributed by atoms with Crippen molar-refractivity contribution in [3.8, 4) is 5.75 Å². The van der Waals surface area contributed by atoms with Gasteiger partial charge in [-0.25, -0.2) is 0 Å². The lowest BCUT2D eigenvalue weighted by molar-refractivity contribution is 0.0965. The zero-order valence-electron chi connectivity index (χ0n) is 11.6. The molecular formula is C17H12O4. The first-order valence-corrected chi connectivity index (χ1v) is 6.46. The van der Waals surface area contributed by atoms with Gasteiger partial charge < -0.3 is 4.74 Å². The molecule has 2 aromatic rings. The molecule has 0 saturated heterocycles. The van der Waals surface area contributed by atoms with Crippen LogP contribution in [0.25, 0.3) is 0 Å². The Bertz CT molecular complexity index is 802. The molecule has 0 heterocycles. The second-order valence-corrected chi connectivity index (χ2v) is 4.83. The molecule has 0 N–H and O–H groups in total. The van der Waals surface area contributed by atoms with E-state index >= 15 is 0 Å². The van der Waals surface area contributed by atoms with Gasteiger partial charge in [-0.1, -0.05) is 30.3 Å². The van der Waals surface area contributed by atoms with Crippen LogP contribution in [0.4, 0.5) is 0 Å². The highest BCUT2D eigenvalue weighted by Gasteiger charge is 2.34. The zero-order chi connectivity index (χ0) is 15.1. The Balaban J connectivity index is 2.36. The first-order chi connectivity index (χ1) is 10.1. The van der Waals surface area contributed by atoms with Crippen LogP contribution in [0.2, 0.25) is 0 Å². The van der Waals surface area contributed by atoms with Crippen LogP contribution < -0.4 is 4.74 Å². The number of methoxy groups -OCH3 is 1. The fourth-order valence-electron chi connectivity index (χ4n) is 2.67. The van der Waals surface area contributed by atoms with Crippen molar-refractivity contribution in [3.05, 3.63) is 64.2 Å². The van der Waals surface area contributed by atoms with Crippen molar-refractivity contribution in [2.24, 2.45) is 0 Å². The monoisotopic (exact) mass is 280 g/mol. The second kappa shape index (κ2) is 4.66. The molecule has 0 atom stereocenters. The lowest BCUT2D eigenvalue weighted by Gasteiger charge is -2.20. The van der Waals surface area contributed by atoms with Gasteiger partial charge in [0.05, 0.1) is 12.7 Å². The van der Waals surface area contributed by atoms with Crippen molar-refractivity contribution in [1.82, 2.24) is 0 Å². The minimum atomic E-state index is -0.315. The van der Waals surface area contributed by atoms with E-state index in [9.17, 15) is 14.4 Å². The first kappa shape index (κ1) is 13.2. The predicted molar refractivity (Wildman–Crippen MR) is 76.3 cm³/mol. The molecule has 2 aromatic carbocycles. The largest absolute Gasteiger partial charge is 0.496 e. The van der Waals surface area contributed by atoms with E-state index in [0.717, 1.165) is 0 Å². The highest BCUT2D eigenvalue weighted by molar-refractivity contribution is 6.31. The Labute approximate surface area is 121 Å². The highest BCUT2D eigenvalue weighted by Crippen LogP contribution is 2.34. The minimum Gasteiger partial charge on any atom is -0.496 e. The van der Waals surface area contributed by atoms with Crippen LogP contribution >= 0.6 is 0 Å². The van der Waals surface area contributed by atoms with Gasteiger partial charge in [0, 0.05) is 22.3 Å². The van der Waals surface area contributed by atoms with Crippen molar-refractivity contribution in [2.45, 2.75) is 6.92 Å². The summed E-state index contributed by atoms with van der Waals surface area (Å²) in [6.07, 6.45) is 0. The normalized spacial score (nSPS) is 12.7. The summed E-state index contributed by atoms with van der Waals surface area (Å²) >= 11 is 0. The Morgan fingerprint density at radius 2 is 1.48 bits per heavy atom. The quantitative estimate of drug-likeness (QED) is 0.677. The number of rotatable bonds is 2. The van der Waals surface area contributed by atoms with Crippen LogP contribution in [0.1, 0.15) is 49.1 Å². The van der Waals surface area contributed by atoms with E-state index < -0.39 is 0 Å². The summed E-state index contributed by atoms with van der Waals surface area (Å²) in [5.74, 6) is -0.478. The number of hydrogen-bond donors (Lipinski definition) is 0. The van der Waals surface area contributed by atoms with Crippen molar-refractivity contribution < 1.29 is 19.1 Å². The van der Waals surface area contributed by atoms with E-state index in [1.165, 1.54) is 14.0 Å². The number of Topliss-reactive ketones (excluding diaryl/α,β-unsaturated/α-hetero) is 1. The maximum atomic E-state index is 12.7. The third-order valence-corrected chi connectivity index (χ3v) is 3.63. The molecule has 1 aliphatic rings. The average Bonchev–Trinajstić information content (AvgIpc) is 2.50. The molecule has 0 aromatic heterocycles. The maximum Gasteiger partial charge on any atom is 0.198 e. The average molecular weight is 280 g/mol. The SMILES string of the molecule is COc1cccc2c1C(=O)c1cccc(C(C)=O)c1C2=O. The van der Waals surface area contributed by atoms with Crippen molar-refractivity contribution in [2.75, 3.05) is 7.11 Å². The molecule has 0 radical (unpaired) electrons. The van der Waals surface area contributed by atoms with Gasteiger partial charge in [0.1, 0.15) is 5.75 Å². The number of hydrogen-bond acceptors (Lipinski definition) is 4. The van der Waals surface area contributed by atoms with Crippen LogP contribution in [0.5, 0.6) is 5.75 Å². The topological polar surface area (TPSA) is 60.4 Å². The molecule has 0 aliphatic heterocycles. The molecule has 0 spiro atoms. The number of ether oxygens (including phenoxy) is 1. The number of ketones is 3. The Morgan fingerprint density at radius 1 is 0.905 bits per heavy atom. The molecule has 21 heavy (non-hydrogen) atoms. The summed E-state index contributed by atoms with van der Waals surface area (Å²) in [5, 5.41) is 0. The molecule has 0 bridgehead atoms. The van der Waals surface area contributed by atoms with Crippen LogP contribution in [-0.2, 0) is 0 Å². The van der Waals surface area contributed by atoms with Gasteiger partial charge in [-0.15, -0.1) is 0 Å². The summed E-state index contributed by atoms with van der Waals surface area (Å²) in [6, 6.07) is 9.63. The van der Waals surface area contributed by atoms with Gasteiger partial charge in [0.25, 0.3) is 0 Å². The van der Waals surface area contributed by atoms with Crippen LogP contribution in [0.3, 0.4) is 0 Å². The fraction of sp³-hybridized carbons (Fsp3) is 0.118. The maximum absolute atomic E-state index is 12.7. The van der Waals surface area contributed by atoms with Gasteiger partial charge >= 0.3 is 0 Å². The zero-order valence-corrected chi connectivity index (χ0v) is 11.6. The lowest BCUT2D eigenvalue weighted by Crippen LogP contribution is -2.24. The van der Waals surface area contributed by atoms with Crippen LogP contribution in [0.15, 0.2) is 36.4 Å². The smallest absolute Gasteiger partial charge is 0.198 e. The summed E-state index contributed by atoms with van der Waals surface area (Å²) < 4.78 is 5.18. The Kier molecular flexibility index (Phi) is 2.94. The van der Waals surface area contributed by atoms with E-state index in [1.807, 2.05) is 0 Å². The van der Waals surface area contributed by atoms with Gasteiger partial charge in [-0.05, 0) is 13.0 Å². The second-order valence-electron chi connectivity index (χ2n) is 4.83. The third kappa shape index (κ3) is 1.80. The van der Waals surface area contributed by atoms with E-state index in [2.05, 4.69) is 0 Å². The number of benzene rings is 2. The van der Waals surface area contributed by atoms with Gasteiger partial charge in [0.2, 0.25) is 0 Å². The minimum absolute atomic E-state index is 0.191. The molecule has 4 nitrogen and oxygen atoms in total. The van der Waals surface area contributed by atoms with Crippen molar-refractivity contribution in [1.29, 1.82) is 0 Å². The molecule has 0 amide bonds. The molecule has 0 unspecified atom stereocenters. The van der Waals surface area contributed by atoms with E-state index in [1.54, 1.807) is 36.4 Å². The lowest BCUT2D eigenvalue weighted by atomic mass is 9.81. The summed E-state index contributed by atoms with van der Waals surface area (Å²) in [4.78, 5) is 37.1. The first-order valence-electron chi connectivity index (χ1n) is 6.46. The molecular weight excluding hydrogens is 268 g/mol. The highest BCUT2D eigenvalue weighted by atomic mass is 16.5. The number of carbonyl (C=O) groups is 3. The van der Waals surface area contributed by atoms with E-state index in [4.69, 9.17) is 4.74 Å². The standard InChI is InChI=1S/C17H12O4/c1-9(18)10-5-3-6-11-14(10)16(19)12-7-4-8-13(21-2)15(12)17(11)20/h3-8H,1-2H3. The molecule has 1 aliphatic carbocycles. The Hall–Kier alpha value is -2.75. The summed E-state index contributed by atoms with van der Waals surface area (Å²) in [5.41, 5.74) is 1.26. The van der Waals surface area contributed by atoms with Gasteiger partial charge in [0.15, 0.2) is 17.3 Å². The molecule has 0 fully saturated rings. The van der Waals surface area contributed by atoms with Gasteiger partial charge in [-0.3, -0.25) is 14.4 Å². The molecule has 0 saturated carbocycles. The Morgan fingerprint density at radius 3 is 2.10 bits per heavy atom. The molecule has 3 rings (SSSR count). The molecule has 4 heteroatoms. The number of carbonyl (C=O) groups excluding carboxylic acids is 3. The van der Waals surface area contributed by atoms with Crippen molar-refractivity contribution in [3.63, 3.8) is 0 Å². The number of fused-ring (bicyclic) bond motifs is 2. The summed E-state index contributed by atoms with van der Waals surface area (Å²) in [6.45, 7) is 1.38. The molecule has 104 valence electrons.